The highest BCUT2D eigenvalue weighted by molar-refractivity contribution is 5.79. The monoisotopic (exact) mass is 240 g/mol. The Morgan fingerprint density at radius 1 is 1.12 bits per heavy atom. The molecule has 2 fully saturated rings. The Balaban J connectivity index is 2.01. The lowest BCUT2D eigenvalue weighted by atomic mass is 9.94. The molecule has 1 aliphatic heterocycles. The van der Waals surface area contributed by atoms with Gasteiger partial charge in [-0.25, -0.2) is 0 Å². The Labute approximate surface area is 104 Å². The minimum absolute atomic E-state index is 0.539. The average Bonchev–Trinajstić information content (AvgIpc) is 2.79. The van der Waals surface area contributed by atoms with Crippen molar-refractivity contribution >= 4 is 5.97 Å². The van der Waals surface area contributed by atoms with E-state index in [1.165, 1.54) is 0 Å². The van der Waals surface area contributed by atoms with Gasteiger partial charge in [0.15, 0.2) is 0 Å². The van der Waals surface area contributed by atoms with Crippen LogP contribution in [0.1, 0.15) is 39.5 Å². The van der Waals surface area contributed by atoms with Crippen molar-refractivity contribution in [2.45, 2.75) is 51.1 Å². The maximum Gasteiger partial charge on any atom is 0.324 e. The lowest BCUT2D eigenvalue weighted by Crippen LogP contribution is -2.60. The van der Waals surface area contributed by atoms with E-state index in [-0.39, 0.29) is 0 Å². The third-order valence-electron chi connectivity index (χ3n) is 4.48. The Morgan fingerprint density at radius 3 is 2.06 bits per heavy atom. The van der Waals surface area contributed by atoms with Crippen LogP contribution in [-0.2, 0) is 4.79 Å². The van der Waals surface area contributed by atoms with Gasteiger partial charge in [0, 0.05) is 32.2 Å². The van der Waals surface area contributed by atoms with Crippen LogP contribution in [0.4, 0.5) is 0 Å². The molecule has 1 aliphatic carbocycles. The number of hydrogen-bond acceptors (Lipinski definition) is 3. The second-order valence-corrected chi connectivity index (χ2v) is 5.66. The van der Waals surface area contributed by atoms with Crippen LogP contribution in [0.5, 0.6) is 0 Å². The highest BCUT2D eigenvalue weighted by Crippen LogP contribution is 2.36. The molecule has 1 saturated carbocycles. The second kappa shape index (κ2) is 4.94. The smallest absolute Gasteiger partial charge is 0.324 e. The van der Waals surface area contributed by atoms with Gasteiger partial charge in [-0.15, -0.1) is 0 Å². The van der Waals surface area contributed by atoms with Crippen molar-refractivity contribution in [3.05, 3.63) is 0 Å². The fraction of sp³-hybridized carbons (Fsp3) is 0.923. The topological polar surface area (TPSA) is 43.8 Å². The Hall–Kier alpha value is -0.610. The van der Waals surface area contributed by atoms with E-state index in [2.05, 4.69) is 23.6 Å². The van der Waals surface area contributed by atoms with Crippen LogP contribution in [0.15, 0.2) is 0 Å². The summed E-state index contributed by atoms with van der Waals surface area (Å²) in [5.41, 5.74) is -0.539. The second-order valence-electron chi connectivity index (χ2n) is 5.66. The third-order valence-corrected chi connectivity index (χ3v) is 4.48. The predicted octanol–water partition coefficient (Wildman–Crippen LogP) is 1.41. The highest BCUT2D eigenvalue weighted by Gasteiger charge is 2.47. The van der Waals surface area contributed by atoms with Crippen molar-refractivity contribution in [1.29, 1.82) is 0 Å². The van der Waals surface area contributed by atoms with Crippen molar-refractivity contribution in [1.82, 2.24) is 9.80 Å². The normalized spacial score (nSPS) is 26.5. The van der Waals surface area contributed by atoms with Crippen LogP contribution < -0.4 is 0 Å². The summed E-state index contributed by atoms with van der Waals surface area (Å²) in [6.45, 7) is 8.24. The summed E-state index contributed by atoms with van der Waals surface area (Å²) in [5, 5.41) is 9.54. The first-order valence-electron chi connectivity index (χ1n) is 6.79. The fourth-order valence-electron chi connectivity index (χ4n) is 3.29. The van der Waals surface area contributed by atoms with Crippen molar-refractivity contribution in [3.63, 3.8) is 0 Å². The van der Waals surface area contributed by atoms with Gasteiger partial charge in [-0.05, 0) is 26.7 Å². The Kier molecular flexibility index (Phi) is 3.73. The number of rotatable bonds is 3. The van der Waals surface area contributed by atoms with Gasteiger partial charge in [-0.3, -0.25) is 14.6 Å². The lowest BCUT2D eigenvalue weighted by molar-refractivity contribution is -0.153. The van der Waals surface area contributed by atoms with Crippen LogP contribution in [0.2, 0.25) is 0 Å². The van der Waals surface area contributed by atoms with Crippen molar-refractivity contribution < 1.29 is 9.90 Å². The Bertz CT molecular complexity index is 277. The van der Waals surface area contributed by atoms with E-state index in [0.29, 0.717) is 6.04 Å². The van der Waals surface area contributed by atoms with E-state index in [1.807, 2.05) is 0 Å². The van der Waals surface area contributed by atoms with E-state index in [1.54, 1.807) is 0 Å². The predicted molar refractivity (Wildman–Crippen MR) is 67.1 cm³/mol. The quantitative estimate of drug-likeness (QED) is 0.810. The molecule has 0 unspecified atom stereocenters. The van der Waals surface area contributed by atoms with E-state index in [0.717, 1.165) is 51.9 Å². The summed E-state index contributed by atoms with van der Waals surface area (Å²) in [6.07, 6.45) is 3.81. The number of piperazine rings is 1. The Morgan fingerprint density at radius 2 is 1.65 bits per heavy atom. The van der Waals surface area contributed by atoms with Gasteiger partial charge < -0.3 is 5.11 Å². The average molecular weight is 240 g/mol. The summed E-state index contributed by atoms with van der Waals surface area (Å²) < 4.78 is 0. The minimum Gasteiger partial charge on any atom is -0.480 e. The van der Waals surface area contributed by atoms with Crippen molar-refractivity contribution in [2.75, 3.05) is 26.2 Å². The maximum absolute atomic E-state index is 11.6. The summed E-state index contributed by atoms with van der Waals surface area (Å²) in [4.78, 5) is 16.2. The van der Waals surface area contributed by atoms with E-state index >= 15 is 0 Å². The molecule has 2 rings (SSSR count). The van der Waals surface area contributed by atoms with Gasteiger partial charge >= 0.3 is 5.97 Å². The molecule has 0 aromatic heterocycles. The standard InChI is InChI=1S/C13H24N2O2/c1-11(2)14-7-9-15(10-8-14)13(12(16)17)5-3-4-6-13/h11H,3-10H2,1-2H3,(H,16,17). The molecule has 0 bridgehead atoms. The van der Waals surface area contributed by atoms with E-state index < -0.39 is 11.5 Å². The van der Waals surface area contributed by atoms with Crippen LogP contribution in [0.3, 0.4) is 0 Å². The molecule has 0 spiro atoms. The molecule has 0 aromatic carbocycles. The minimum atomic E-state index is -0.604. The van der Waals surface area contributed by atoms with Gasteiger partial charge in [0.25, 0.3) is 0 Å². The maximum atomic E-state index is 11.6. The number of aliphatic carboxylic acids is 1. The molecule has 0 amide bonds. The molecule has 0 radical (unpaired) electrons. The van der Waals surface area contributed by atoms with Gasteiger partial charge in [0.1, 0.15) is 5.54 Å². The molecule has 4 nitrogen and oxygen atoms in total. The van der Waals surface area contributed by atoms with Gasteiger partial charge in [-0.1, -0.05) is 12.8 Å². The number of carboxylic acids is 1. The zero-order valence-corrected chi connectivity index (χ0v) is 11.0. The summed E-state index contributed by atoms with van der Waals surface area (Å²) in [7, 11) is 0. The summed E-state index contributed by atoms with van der Waals surface area (Å²) in [6, 6.07) is 0.571. The zero-order chi connectivity index (χ0) is 12.5. The first-order chi connectivity index (χ1) is 8.06. The van der Waals surface area contributed by atoms with Crippen LogP contribution >= 0.6 is 0 Å². The van der Waals surface area contributed by atoms with Crippen LogP contribution in [-0.4, -0.2) is 58.6 Å². The van der Waals surface area contributed by atoms with E-state index in [4.69, 9.17) is 0 Å². The molecule has 1 N–H and O–H groups in total. The molecule has 0 aromatic rings. The molecule has 98 valence electrons. The molecule has 1 heterocycles. The number of carbonyl (C=O) groups is 1. The SMILES string of the molecule is CC(C)N1CCN(C2(C(=O)O)CCCC2)CC1. The number of hydrogen-bond donors (Lipinski definition) is 1. The van der Waals surface area contributed by atoms with Crippen LogP contribution in [0.25, 0.3) is 0 Å². The molecule has 1 saturated heterocycles. The third kappa shape index (κ3) is 2.33. The van der Waals surface area contributed by atoms with Gasteiger partial charge in [0.05, 0.1) is 0 Å². The summed E-state index contributed by atoms with van der Waals surface area (Å²) >= 11 is 0. The molecule has 17 heavy (non-hydrogen) atoms. The van der Waals surface area contributed by atoms with Gasteiger partial charge in [0.2, 0.25) is 0 Å². The van der Waals surface area contributed by atoms with E-state index in [9.17, 15) is 9.90 Å². The highest BCUT2D eigenvalue weighted by atomic mass is 16.4. The molecule has 2 aliphatic rings. The molecular weight excluding hydrogens is 216 g/mol. The molecular formula is C13H24N2O2. The first kappa shape index (κ1) is 12.8. The first-order valence-corrected chi connectivity index (χ1v) is 6.79. The number of nitrogens with zero attached hydrogens (tertiary/aromatic N) is 2. The van der Waals surface area contributed by atoms with Crippen LogP contribution in [0, 0.1) is 0 Å². The fourth-order valence-corrected chi connectivity index (χ4v) is 3.29. The zero-order valence-electron chi connectivity index (χ0n) is 11.0. The number of carboxylic acid groups (broad SMARTS) is 1. The van der Waals surface area contributed by atoms with Crippen molar-refractivity contribution in [2.24, 2.45) is 0 Å². The summed E-state index contributed by atoms with van der Waals surface area (Å²) in [5.74, 6) is -0.604. The van der Waals surface area contributed by atoms with Crippen molar-refractivity contribution in [3.8, 4) is 0 Å². The van der Waals surface area contributed by atoms with Gasteiger partial charge in [-0.2, -0.15) is 0 Å². The lowest BCUT2D eigenvalue weighted by Gasteiger charge is -2.44. The molecule has 0 atom stereocenters. The molecule has 4 heteroatoms. The largest absolute Gasteiger partial charge is 0.480 e.